The quantitative estimate of drug-likeness (QED) is 0.891. The summed E-state index contributed by atoms with van der Waals surface area (Å²) < 4.78 is 38.4. The minimum absolute atomic E-state index is 0.108. The number of nitrogens with one attached hydrogen (secondary N) is 1. The maximum atomic E-state index is 13.0. The van der Waals surface area contributed by atoms with E-state index in [1.807, 2.05) is 0 Å². The maximum absolute atomic E-state index is 13.0. The van der Waals surface area contributed by atoms with Crippen molar-refractivity contribution >= 4 is 5.69 Å². The van der Waals surface area contributed by atoms with Crippen molar-refractivity contribution in [1.29, 1.82) is 0 Å². The molecule has 2 rings (SSSR count). The Kier molecular flexibility index (Phi) is 4.06. The molecule has 0 amide bonds. The van der Waals surface area contributed by atoms with Crippen molar-refractivity contribution in [3.05, 3.63) is 65.5 Å². The summed E-state index contributed by atoms with van der Waals surface area (Å²) >= 11 is 0. The summed E-state index contributed by atoms with van der Waals surface area (Å²) in [7, 11) is 0. The van der Waals surface area contributed by atoms with E-state index in [0.29, 0.717) is 11.3 Å². The number of halogens is 3. The highest BCUT2D eigenvalue weighted by Crippen LogP contribution is 2.17. The van der Waals surface area contributed by atoms with Gasteiger partial charge in [0.2, 0.25) is 0 Å². The Morgan fingerprint density at radius 2 is 1.63 bits per heavy atom. The summed E-state index contributed by atoms with van der Waals surface area (Å²) in [6.45, 7) is 0.108. The van der Waals surface area contributed by atoms with Crippen molar-refractivity contribution in [2.24, 2.45) is 0 Å². The molecule has 0 aliphatic carbocycles. The predicted molar refractivity (Wildman–Crippen MR) is 66.2 cm³/mol. The van der Waals surface area contributed by atoms with Crippen molar-refractivity contribution in [3.63, 3.8) is 0 Å². The molecule has 0 spiro atoms. The van der Waals surface area contributed by atoms with Gasteiger partial charge >= 0.3 is 0 Å². The molecular weight excluding hydrogens is 255 g/mol. The molecule has 19 heavy (non-hydrogen) atoms. The lowest BCUT2D eigenvalue weighted by Gasteiger charge is -2.13. The molecule has 100 valence electrons. The van der Waals surface area contributed by atoms with Crippen LogP contribution in [-0.2, 0) is 0 Å². The first kappa shape index (κ1) is 13.4. The topological polar surface area (TPSA) is 32.3 Å². The molecule has 0 saturated carbocycles. The number of aliphatic hydroxyl groups excluding tert-OH is 1. The Bertz CT molecular complexity index is 557. The zero-order valence-electron chi connectivity index (χ0n) is 9.91. The fraction of sp³-hybridized carbons (Fsp3) is 0.143. The highest BCUT2D eigenvalue weighted by Gasteiger charge is 2.08. The fourth-order valence-electron chi connectivity index (χ4n) is 1.62. The average molecular weight is 267 g/mol. The minimum Gasteiger partial charge on any atom is -0.387 e. The average Bonchev–Trinajstić information content (AvgIpc) is 2.40. The summed E-state index contributed by atoms with van der Waals surface area (Å²) in [5, 5.41) is 12.6. The second-order valence-electron chi connectivity index (χ2n) is 4.08. The summed E-state index contributed by atoms with van der Waals surface area (Å²) in [6.07, 6.45) is -0.867. The third-order valence-electron chi connectivity index (χ3n) is 2.67. The first-order valence-corrected chi connectivity index (χ1v) is 5.69. The second kappa shape index (κ2) is 5.75. The minimum atomic E-state index is -0.957. The largest absolute Gasteiger partial charge is 0.387 e. The van der Waals surface area contributed by atoms with E-state index in [9.17, 15) is 18.3 Å². The Morgan fingerprint density at radius 1 is 0.947 bits per heavy atom. The smallest absolute Gasteiger partial charge is 0.160 e. The monoisotopic (exact) mass is 267 g/mol. The van der Waals surface area contributed by atoms with Crippen molar-refractivity contribution in [3.8, 4) is 0 Å². The van der Waals surface area contributed by atoms with Gasteiger partial charge in [-0.2, -0.15) is 0 Å². The highest BCUT2D eigenvalue weighted by atomic mass is 19.2. The Hall–Kier alpha value is -2.01. The molecule has 1 atom stereocenters. The molecule has 2 nitrogen and oxygen atoms in total. The first-order valence-electron chi connectivity index (χ1n) is 5.69. The van der Waals surface area contributed by atoms with Gasteiger partial charge in [-0.3, -0.25) is 0 Å². The molecule has 2 aromatic carbocycles. The third-order valence-corrected chi connectivity index (χ3v) is 2.67. The van der Waals surface area contributed by atoms with Crippen molar-refractivity contribution in [1.82, 2.24) is 0 Å². The number of rotatable bonds is 4. The van der Waals surface area contributed by atoms with Gasteiger partial charge in [0.25, 0.3) is 0 Å². The van der Waals surface area contributed by atoms with Gasteiger partial charge in [-0.05, 0) is 29.8 Å². The van der Waals surface area contributed by atoms with E-state index in [0.717, 1.165) is 12.1 Å². The van der Waals surface area contributed by atoms with Crippen molar-refractivity contribution in [2.75, 3.05) is 11.9 Å². The van der Waals surface area contributed by atoms with Crippen LogP contribution in [0.2, 0.25) is 0 Å². The SMILES string of the molecule is OC(CNc1ccc(F)c(F)c1)c1ccc(F)cc1. The van der Waals surface area contributed by atoms with Gasteiger partial charge < -0.3 is 10.4 Å². The number of anilines is 1. The van der Waals surface area contributed by atoms with Crippen molar-refractivity contribution < 1.29 is 18.3 Å². The molecule has 0 saturated heterocycles. The number of hydrogen-bond donors (Lipinski definition) is 2. The van der Waals surface area contributed by atoms with Crippen molar-refractivity contribution in [2.45, 2.75) is 6.10 Å². The van der Waals surface area contributed by atoms with E-state index in [2.05, 4.69) is 5.32 Å². The lowest BCUT2D eigenvalue weighted by molar-refractivity contribution is 0.191. The lowest BCUT2D eigenvalue weighted by atomic mass is 10.1. The predicted octanol–water partition coefficient (Wildman–Crippen LogP) is 3.25. The van der Waals surface area contributed by atoms with E-state index < -0.39 is 17.7 Å². The Balaban J connectivity index is 1.98. The van der Waals surface area contributed by atoms with Crippen LogP contribution in [0.25, 0.3) is 0 Å². The van der Waals surface area contributed by atoms with Gasteiger partial charge in [0.05, 0.1) is 6.10 Å². The van der Waals surface area contributed by atoms with Gasteiger partial charge in [-0.25, -0.2) is 13.2 Å². The molecule has 2 aromatic rings. The molecular formula is C14H12F3NO. The van der Waals surface area contributed by atoms with E-state index in [4.69, 9.17) is 0 Å². The molecule has 0 aliphatic heterocycles. The Morgan fingerprint density at radius 3 is 2.26 bits per heavy atom. The molecule has 0 aromatic heterocycles. The summed E-state index contributed by atoms with van der Waals surface area (Å²) in [5.41, 5.74) is 0.900. The molecule has 0 radical (unpaired) electrons. The van der Waals surface area contributed by atoms with Crippen LogP contribution in [0, 0.1) is 17.5 Å². The van der Waals surface area contributed by atoms with Gasteiger partial charge in [0, 0.05) is 18.3 Å². The van der Waals surface area contributed by atoms with Gasteiger partial charge in [0.15, 0.2) is 11.6 Å². The van der Waals surface area contributed by atoms with E-state index in [-0.39, 0.29) is 12.4 Å². The molecule has 1 unspecified atom stereocenters. The van der Waals surface area contributed by atoms with E-state index >= 15 is 0 Å². The van der Waals surface area contributed by atoms with Crippen LogP contribution < -0.4 is 5.32 Å². The first-order chi connectivity index (χ1) is 9.06. The molecule has 0 aliphatic rings. The zero-order valence-corrected chi connectivity index (χ0v) is 9.91. The molecule has 0 heterocycles. The van der Waals surface area contributed by atoms with Crippen LogP contribution in [0.5, 0.6) is 0 Å². The number of aliphatic hydroxyl groups is 1. The highest BCUT2D eigenvalue weighted by molar-refractivity contribution is 5.43. The standard InChI is InChI=1S/C14H12F3NO/c15-10-3-1-9(2-4-10)14(19)8-18-11-5-6-12(16)13(17)7-11/h1-7,14,18-19H,8H2. The summed E-state index contributed by atoms with van der Waals surface area (Å²) in [6, 6.07) is 8.80. The number of benzene rings is 2. The van der Waals surface area contributed by atoms with Crippen LogP contribution in [0.4, 0.5) is 18.9 Å². The summed E-state index contributed by atoms with van der Waals surface area (Å²) in [5.74, 6) is -2.27. The van der Waals surface area contributed by atoms with Crippen LogP contribution in [0.15, 0.2) is 42.5 Å². The van der Waals surface area contributed by atoms with Crippen LogP contribution >= 0.6 is 0 Å². The van der Waals surface area contributed by atoms with Gasteiger partial charge in [-0.15, -0.1) is 0 Å². The molecule has 0 fully saturated rings. The molecule has 0 bridgehead atoms. The lowest BCUT2D eigenvalue weighted by Crippen LogP contribution is -2.12. The second-order valence-corrected chi connectivity index (χ2v) is 4.08. The van der Waals surface area contributed by atoms with Gasteiger partial charge in [0.1, 0.15) is 5.82 Å². The van der Waals surface area contributed by atoms with Crippen LogP contribution in [0.3, 0.4) is 0 Å². The van der Waals surface area contributed by atoms with E-state index in [1.54, 1.807) is 0 Å². The van der Waals surface area contributed by atoms with Crippen LogP contribution in [0.1, 0.15) is 11.7 Å². The normalized spacial score (nSPS) is 12.2. The Labute approximate surface area is 108 Å². The molecule has 2 N–H and O–H groups in total. The third kappa shape index (κ3) is 3.48. The van der Waals surface area contributed by atoms with Gasteiger partial charge in [-0.1, -0.05) is 12.1 Å². The van der Waals surface area contributed by atoms with Crippen LogP contribution in [-0.4, -0.2) is 11.7 Å². The van der Waals surface area contributed by atoms with E-state index in [1.165, 1.54) is 30.3 Å². The molecule has 5 heteroatoms. The summed E-state index contributed by atoms with van der Waals surface area (Å²) in [4.78, 5) is 0. The maximum Gasteiger partial charge on any atom is 0.160 e. The zero-order chi connectivity index (χ0) is 13.8. The number of hydrogen-bond acceptors (Lipinski definition) is 2. The fourth-order valence-corrected chi connectivity index (χ4v) is 1.62.